The Morgan fingerprint density at radius 1 is 1.10 bits per heavy atom. The van der Waals surface area contributed by atoms with Gasteiger partial charge in [-0.2, -0.15) is 0 Å². The second kappa shape index (κ2) is 6.24. The summed E-state index contributed by atoms with van der Waals surface area (Å²) >= 11 is 5.70. The van der Waals surface area contributed by atoms with Gasteiger partial charge in [-0.1, -0.05) is 11.6 Å². The largest absolute Gasteiger partial charge is 0.293 e. The van der Waals surface area contributed by atoms with Crippen LogP contribution in [0.25, 0.3) is 0 Å². The first kappa shape index (κ1) is 14.8. The Bertz CT molecular complexity index is 671. The van der Waals surface area contributed by atoms with Crippen molar-refractivity contribution in [1.29, 1.82) is 0 Å². The van der Waals surface area contributed by atoms with Crippen molar-refractivity contribution in [2.45, 2.75) is 4.90 Å². The van der Waals surface area contributed by atoms with Crippen LogP contribution >= 0.6 is 11.6 Å². The van der Waals surface area contributed by atoms with E-state index < -0.39 is 28.2 Å². The van der Waals surface area contributed by atoms with Gasteiger partial charge >= 0.3 is 0 Å². The zero-order chi connectivity index (χ0) is 14.7. The van der Waals surface area contributed by atoms with Crippen LogP contribution in [-0.2, 0) is 10.8 Å². The molecule has 2 rings (SSSR count). The van der Waals surface area contributed by atoms with Gasteiger partial charge in [0, 0.05) is 16.7 Å². The summed E-state index contributed by atoms with van der Waals surface area (Å²) in [4.78, 5) is 11.7. The molecule has 0 saturated carbocycles. The highest BCUT2D eigenvalue weighted by Gasteiger charge is 2.16. The monoisotopic (exact) mass is 314 g/mol. The Hall–Kier alpha value is -1.59. The van der Waals surface area contributed by atoms with Crippen molar-refractivity contribution in [2.24, 2.45) is 0 Å². The van der Waals surface area contributed by atoms with Gasteiger partial charge in [-0.25, -0.2) is 8.78 Å². The molecular weight excluding hydrogens is 306 g/mol. The van der Waals surface area contributed by atoms with E-state index in [0.29, 0.717) is 16.7 Å². The number of Topliss-reactive ketones (excluding diaryl/α,β-unsaturated/α-hetero) is 1. The lowest BCUT2D eigenvalue weighted by Gasteiger charge is -2.04. The maximum atomic E-state index is 13.4. The highest BCUT2D eigenvalue weighted by atomic mass is 35.5. The lowest BCUT2D eigenvalue weighted by Crippen LogP contribution is -2.12. The van der Waals surface area contributed by atoms with Gasteiger partial charge in [0.05, 0.1) is 21.4 Å². The maximum absolute atomic E-state index is 13.4. The van der Waals surface area contributed by atoms with Crippen molar-refractivity contribution in [2.75, 3.05) is 5.75 Å². The molecule has 104 valence electrons. The molecule has 0 aliphatic heterocycles. The summed E-state index contributed by atoms with van der Waals surface area (Å²) in [5.74, 6) is -2.45. The van der Waals surface area contributed by atoms with Gasteiger partial charge in [0.2, 0.25) is 0 Å². The molecule has 20 heavy (non-hydrogen) atoms. The molecule has 0 radical (unpaired) electrons. The van der Waals surface area contributed by atoms with E-state index in [1.807, 2.05) is 0 Å². The zero-order valence-electron chi connectivity index (χ0n) is 10.1. The molecule has 0 N–H and O–H groups in total. The predicted octanol–water partition coefficient (Wildman–Crippen LogP) is 3.61. The third-order valence-electron chi connectivity index (χ3n) is 2.57. The highest BCUT2D eigenvalue weighted by Crippen LogP contribution is 2.16. The second-order valence-electron chi connectivity index (χ2n) is 3.99. The molecule has 2 aromatic rings. The van der Waals surface area contributed by atoms with Crippen LogP contribution in [0, 0.1) is 11.6 Å². The number of carbonyl (C=O) groups excluding carboxylic acids is 1. The normalized spacial score (nSPS) is 12.2. The van der Waals surface area contributed by atoms with Crippen LogP contribution in [0.5, 0.6) is 0 Å². The Labute approximate surface area is 121 Å². The summed E-state index contributed by atoms with van der Waals surface area (Å²) in [5, 5.41) is 0.479. The van der Waals surface area contributed by atoms with E-state index in [9.17, 15) is 17.8 Å². The summed E-state index contributed by atoms with van der Waals surface area (Å²) in [6.07, 6.45) is 0. The molecule has 0 aromatic heterocycles. The third kappa shape index (κ3) is 3.49. The number of halogens is 3. The average molecular weight is 315 g/mol. The zero-order valence-corrected chi connectivity index (χ0v) is 11.7. The minimum atomic E-state index is -1.86. The number of carbonyl (C=O) groups is 1. The van der Waals surface area contributed by atoms with Crippen LogP contribution in [0.2, 0.25) is 5.02 Å². The van der Waals surface area contributed by atoms with Crippen LogP contribution in [0.4, 0.5) is 8.78 Å². The molecule has 0 saturated heterocycles. The van der Waals surface area contributed by atoms with Crippen LogP contribution < -0.4 is 0 Å². The first-order chi connectivity index (χ1) is 9.47. The van der Waals surface area contributed by atoms with Gasteiger partial charge in [-0.15, -0.1) is 0 Å². The molecule has 0 amide bonds. The molecule has 2 nitrogen and oxygen atoms in total. The fraction of sp³-hybridized carbons (Fsp3) is 0.0714. The number of ketones is 1. The van der Waals surface area contributed by atoms with Gasteiger partial charge in [0.25, 0.3) is 0 Å². The van der Waals surface area contributed by atoms with Crippen molar-refractivity contribution in [3.05, 3.63) is 64.7 Å². The second-order valence-corrected chi connectivity index (χ2v) is 5.85. The number of hydrogen-bond donors (Lipinski definition) is 0. The number of rotatable bonds is 4. The fourth-order valence-electron chi connectivity index (χ4n) is 1.58. The van der Waals surface area contributed by atoms with Crippen LogP contribution in [-0.4, -0.2) is 15.7 Å². The Kier molecular flexibility index (Phi) is 4.62. The molecule has 1 atom stereocenters. The molecular formula is C14H9ClF2O2S. The minimum Gasteiger partial charge on any atom is -0.293 e. The summed E-state index contributed by atoms with van der Waals surface area (Å²) in [7, 11) is -1.86. The predicted molar refractivity (Wildman–Crippen MR) is 73.4 cm³/mol. The van der Waals surface area contributed by atoms with Crippen LogP contribution in [0.1, 0.15) is 10.4 Å². The number of benzene rings is 2. The summed E-state index contributed by atoms with van der Waals surface area (Å²) in [6.45, 7) is 0. The molecule has 0 bridgehead atoms. The first-order valence-electron chi connectivity index (χ1n) is 5.59. The van der Waals surface area contributed by atoms with E-state index in [4.69, 9.17) is 11.6 Å². The average Bonchev–Trinajstić information content (AvgIpc) is 2.39. The number of hydrogen-bond acceptors (Lipinski definition) is 2. The standard InChI is InChI=1S/C14H9ClF2O2S/c15-10-3-1-9(2-4-10)13(18)8-20(19)14-6-5-11(16)7-12(14)17/h1-7H,8H2. The van der Waals surface area contributed by atoms with E-state index in [2.05, 4.69) is 0 Å². The molecule has 0 fully saturated rings. The van der Waals surface area contributed by atoms with Crippen LogP contribution in [0.3, 0.4) is 0 Å². The molecule has 1 unspecified atom stereocenters. The Balaban J connectivity index is 2.15. The lowest BCUT2D eigenvalue weighted by molar-refractivity contribution is 0.102. The SMILES string of the molecule is O=C(CS(=O)c1ccc(F)cc1F)c1ccc(Cl)cc1. The van der Waals surface area contributed by atoms with Gasteiger partial charge in [0.1, 0.15) is 11.6 Å². The van der Waals surface area contributed by atoms with E-state index >= 15 is 0 Å². The molecule has 0 heterocycles. The van der Waals surface area contributed by atoms with Crippen molar-refractivity contribution in [3.63, 3.8) is 0 Å². The van der Waals surface area contributed by atoms with Gasteiger partial charge in [-0.3, -0.25) is 9.00 Å². The molecule has 2 aromatic carbocycles. The Morgan fingerprint density at radius 2 is 1.75 bits per heavy atom. The Morgan fingerprint density at radius 3 is 2.35 bits per heavy atom. The van der Waals surface area contributed by atoms with Gasteiger partial charge in [-0.05, 0) is 36.4 Å². The smallest absolute Gasteiger partial charge is 0.175 e. The van der Waals surface area contributed by atoms with E-state index in [-0.39, 0.29) is 10.6 Å². The van der Waals surface area contributed by atoms with Crippen molar-refractivity contribution >= 4 is 28.2 Å². The van der Waals surface area contributed by atoms with Crippen molar-refractivity contribution in [1.82, 2.24) is 0 Å². The maximum Gasteiger partial charge on any atom is 0.175 e. The lowest BCUT2D eigenvalue weighted by atomic mass is 10.1. The molecule has 6 heteroatoms. The van der Waals surface area contributed by atoms with Gasteiger partial charge < -0.3 is 0 Å². The summed E-state index contributed by atoms with van der Waals surface area (Å²) < 4.78 is 38.1. The molecule has 0 aliphatic carbocycles. The molecule has 0 aliphatic rings. The summed E-state index contributed by atoms with van der Waals surface area (Å²) in [5.41, 5.74) is 0.338. The van der Waals surface area contributed by atoms with E-state index in [1.165, 1.54) is 24.3 Å². The highest BCUT2D eigenvalue weighted by molar-refractivity contribution is 7.85. The van der Waals surface area contributed by atoms with E-state index in [0.717, 1.165) is 12.1 Å². The minimum absolute atomic E-state index is 0.186. The van der Waals surface area contributed by atoms with Gasteiger partial charge in [0.15, 0.2) is 5.78 Å². The summed E-state index contributed by atoms with van der Waals surface area (Å²) in [6, 6.07) is 8.80. The van der Waals surface area contributed by atoms with E-state index in [1.54, 1.807) is 0 Å². The molecule has 0 spiro atoms. The van der Waals surface area contributed by atoms with Crippen molar-refractivity contribution in [3.8, 4) is 0 Å². The third-order valence-corrected chi connectivity index (χ3v) is 4.17. The fourth-order valence-corrected chi connectivity index (χ4v) is 2.76. The van der Waals surface area contributed by atoms with Crippen LogP contribution in [0.15, 0.2) is 47.4 Å². The van der Waals surface area contributed by atoms with Crippen molar-refractivity contribution < 1.29 is 17.8 Å². The first-order valence-corrected chi connectivity index (χ1v) is 7.29. The topological polar surface area (TPSA) is 34.1 Å². The quantitative estimate of drug-likeness (QED) is 0.808.